The van der Waals surface area contributed by atoms with Gasteiger partial charge < -0.3 is 4.74 Å². The molecule has 0 spiro atoms. The number of anilines is 1. The SMILES string of the molecule is COc1ccccc1N(CN1C(=O)[C@@H]2[C@H]3C=C[C@H]([C@H]4C[C@H]34)[C@@H]2C1=O)C(=O)c1ccc(Cl)cc1. The molecule has 2 aromatic rings. The van der Waals surface area contributed by atoms with E-state index < -0.39 is 0 Å². The fourth-order valence-corrected chi connectivity index (χ4v) is 6.28. The molecule has 1 aliphatic heterocycles. The highest BCUT2D eigenvalue weighted by Crippen LogP contribution is 2.65. The Kier molecular flexibility index (Phi) is 4.63. The van der Waals surface area contributed by atoms with E-state index in [0.717, 1.165) is 6.42 Å². The van der Waals surface area contributed by atoms with Crippen molar-refractivity contribution in [3.05, 3.63) is 71.3 Å². The minimum Gasteiger partial charge on any atom is -0.495 e. The molecule has 4 aliphatic carbocycles. The van der Waals surface area contributed by atoms with Crippen LogP contribution in [0.2, 0.25) is 5.02 Å². The number of benzene rings is 2. The Morgan fingerprint density at radius 1 is 1.00 bits per heavy atom. The molecule has 1 saturated heterocycles. The number of amides is 3. The third kappa shape index (κ3) is 3.04. The van der Waals surface area contributed by atoms with Crippen LogP contribution >= 0.6 is 11.6 Å². The van der Waals surface area contributed by atoms with Crippen LogP contribution in [0.4, 0.5) is 5.69 Å². The molecule has 3 amide bonds. The third-order valence-corrected chi connectivity index (χ3v) is 8.00. The van der Waals surface area contributed by atoms with E-state index in [1.165, 1.54) is 16.9 Å². The first-order valence-electron chi connectivity index (χ1n) is 11.2. The molecule has 1 heterocycles. The molecule has 0 unspecified atom stereocenters. The van der Waals surface area contributed by atoms with Crippen LogP contribution in [0, 0.1) is 35.5 Å². The minimum atomic E-state index is -0.337. The second-order valence-corrected chi connectivity index (χ2v) is 9.75. The van der Waals surface area contributed by atoms with Gasteiger partial charge in [-0.1, -0.05) is 35.9 Å². The van der Waals surface area contributed by atoms with Crippen molar-refractivity contribution >= 4 is 35.0 Å². The summed E-state index contributed by atoms with van der Waals surface area (Å²) in [6.07, 6.45) is 5.40. The summed E-state index contributed by atoms with van der Waals surface area (Å²) >= 11 is 6.01. The van der Waals surface area contributed by atoms with Crippen molar-refractivity contribution in [2.24, 2.45) is 35.5 Å². The molecule has 6 nitrogen and oxygen atoms in total. The van der Waals surface area contributed by atoms with Gasteiger partial charge in [0.15, 0.2) is 0 Å². The van der Waals surface area contributed by atoms with Crippen molar-refractivity contribution in [2.75, 3.05) is 18.7 Å². The van der Waals surface area contributed by atoms with E-state index in [4.69, 9.17) is 16.3 Å². The van der Waals surface area contributed by atoms with Crippen molar-refractivity contribution in [3.63, 3.8) is 0 Å². The average molecular weight is 463 g/mol. The summed E-state index contributed by atoms with van der Waals surface area (Å²) in [5.41, 5.74) is 0.907. The standard InChI is InChI=1S/C26H23ClN2O4/c1-33-21-5-3-2-4-20(21)28(24(30)14-6-8-15(27)9-7-14)13-29-25(31)22-16-10-11-17(19-12-18(16)19)23(22)26(29)32/h2-11,16-19,22-23H,12-13H2,1H3/t16-,17+,18-,19-,22+,23-/m1/s1. The van der Waals surface area contributed by atoms with Gasteiger partial charge in [-0.25, -0.2) is 0 Å². The average Bonchev–Trinajstić information content (AvgIpc) is 3.62. The summed E-state index contributed by atoms with van der Waals surface area (Å²) in [6.45, 7) is -0.152. The predicted octanol–water partition coefficient (Wildman–Crippen LogP) is 4.01. The van der Waals surface area contributed by atoms with Gasteiger partial charge in [-0.05, 0) is 66.5 Å². The summed E-state index contributed by atoms with van der Waals surface area (Å²) in [4.78, 5) is 43.4. The maximum Gasteiger partial charge on any atom is 0.259 e. The third-order valence-electron chi connectivity index (χ3n) is 7.75. The van der Waals surface area contributed by atoms with Crippen molar-refractivity contribution in [2.45, 2.75) is 6.42 Å². The largest absolute Gasteiger partial charge is 0.495 e. The zero-order chi connectivity index (χ0) is 22.9. The van der Waals surface area contributed by atoms with E-state index in [-0.39, 0.29) is 48.1 Å². The van der Waals surface area contributed by atoms with Crippen LogP contribution in [0.1, 0.15) is 16.8 Å². The molecule has 0 aromatic heterocycles. The molecular formula is C26H23ClN2O4. The maximum absolute atomic E-state index is 13.6. The van der Waals surface area contributed by atoms with Gasteiger partial charge in [0.1, 0.15) is 12.4 Å². The van der Waals surface area contributed by atoms with Crippen LogP contribution in [0.25, 0.3) is 0 Å². The topological polar surface area (TPSA) is 66.9 Å². The van der Waals surface area contributed by atoms with Crippen LogP contribution in [0.5, 0.6) is 5.75 Å². The quantitative estimate of drug-likeness (QED) is 0.497. The van der Waals surface area contributed by atoms with Gasteiger partial charge in [0.2, 0.25) is 11.8 Å². The van der Waals surface area contributed by atoms with Crippen molar-refractivity contribution < 1.29 is 19.1 Å². The fraction of sp³-hybridized carbons (Fsp3) is 0.346. The van der Waals surface area contributed by atoms with E-state index in [9.17, 15) is 14.4 Å². The number of hydrogen-bond donors (Lipinski definition) is 0. The van der Waals surface area contributed by atoms with Crippen LogP contribution in [-0.2, 0) is 9.59 Å². The first-order chi connectivity index (χ1) is 16.0. The van der Waals surface area contributed by atoms with E-state index in [1.807, 2.05) is 6.07 Å². The molecule has 2 bridgehead atoms. The number of imide groups is 1. The molecule has 2 aromatic carbocycles. The molecule has 33 heavy (non-hydrogen) atoms. The van der Waals surface area contributed by atoms with Crippen molar-refractivity contribution in [3.8, 4) is 5.75 Å². The number of ether oxygens (including phenoxy) is 1. The van der Waals surface area contributed by atoms with E-state index in [2.05, 4.69) is 12.2 Å². The molecule has 0 N–H and O–H groups in total. The molecule has 7 heteroatoms. The molecule has 5 aliphatic rings. The lowest BCUT2D eigenvalue weighted by atomic mass is 9.63. The second kappa shape index (κ2) is 7.45. The molecule has 168 valence electrons. The summed E-state index contributed by atoms with van der Waals surface area (Å²) in [7, 11) is 1.53. The summed E-state index contributed by atoms with van der Waals surface area (Å²) in [5, 5.41) is 0.519. The summed E-state index contributed by atoms with van der Waals surface area (Å²) in [6, 6.07) is 13.7. The Balaban J connectivity index is 1.36. The van der Waals surface area contributed by atoms with Gasteiger partial charge in [-0.15, -0.1) is 0 Å². The Labute approximate surface area is 196 Å². The number of carbonyl (C=O) groups excluding carboxylic acids is 3. The number of hydrogen-bond acceptors (Lipinski definition) is 4. The monoisotopic (exact) mass is 462 g/mol. The Bertz CT molecular complexity index is 1160. The van der Waals surface area contributed by atoms with Crippen LogP contribution < -0.4 is 9.64 Å². The molecule has 7 rings (SSSR count). The predicted molar refractivity (Wildman–Crippen MR) is 123 cm³/mol. The molecule has 3 fully saturated rings. The molecule has 2 saturated carbocycles. The Morgan fingerprint density at radius 2 is 1.61 bits per heavy atom. The number of allylic oxidation sites excluding steroid dienone is 2. The fourth-order valence-electron chi connectivity index (χ4n) is 6.15. The van der Waals surface area contributed by atoms with Gasteiger partial charge in [0, 0.05) is 10.6 Å². The highest BCUT2D eigenvalue weighted by molar-refractivity contribution is 6.30. The van der Waals surface area contributed by atoms with Gasteiger partial charge >= 0.3 is 0 Å². The van der Waals surface area contributed by atoms with Crippen LogP contribution in [0.3, 0.4) is 0 Å². The Hall–Kier alpha value is -3.12. The lowest BCUT2D eigenvalue weighted by Gasteiger charge is -2.37. The lowest BCUT2D eigenvalue weighted by Crippen LogP contribution is -2.45. The Morgan fingerprint density at radius 3 is 2.21 bits per heavy atom. The minimum absolute atomic E-state index is 0.137. The van der Waals surface area contributed by atoms with Gasteiger partial charge in [-0.2, -0.15) is 0 Å². The number of para-hydroxylation sites is 2. The van der Waals surface area contributed by atoms with Crippen LogP contribution in [-0.4, -0.2) is 36.4 Å². The number of nitrogens with zero attached hydrogens (tertiary/aromatic N) is 2. The second-order valence-electron chi connectivity index (χ2n) is 9.31. The lowest BCUT2D eigenvalue weighted by molar-refractivity contribution is -0.140. The zero-order valence-corrected chi connectivity index (χ0v) is 18.8. The molecular weight excluding hydrogens is 440 g/mol. The number of halogens is 1. The van der Waals surface area contributed by atoms with Gasteiger partial charge in [-0.3, -0.25) is 24.2 Å². The van der Waals surface area contributed by atoms with Crippen molar-refractivity contribution in [1.82, 2.24) is 4.90 Å². The summed E-state index contributed by atoms with van der Waals surface area (Å²) < 4.78 is 5.49. The number of carbonyl (C=O) groups is 3. The maximum atomic E-state index is 13.6. The first kappa shape index (κ1) is 20.5. The normalized spacial score (nSPS) is 30.8. The van der Waals surface area contributed by atoms with Gasteiger partial charge in [0.25, 0.3) is 5.91 Å². The molecule has 0 radical (unpaired) electrons. The molecule has 6 atom stereocenters. The van der Waals surface area contributed by atoms with Crippen molar-refractivity contribution in [1.29, 1.82) is 0 Å². The first-order valence-corrected chi connectivity index (χ1v) is 11.6. The summed E-state index contributed by atoms with van der Waals surface area (Å²) in [5.74, 6) is 0.531. The van der Waals surface area contributed by atoms with E-state index in [1.54, 1.807) is 42.5 Å². The van der Waals surface area contributed by atoms with E-state index in [0.29, 0.717) is 33.9 Å². The van der Waals surface area contributed by atoms with Crippen LogP contribution in [0.15, 0.2) is 60.7 Å². The zero-order valence-electron chi connectivity index (χ0n) is 18.1. The highest BCUT2D eigenvalue weighted by atomic mass is 35.5. The smallest absolute Gasteiger partial charge is 0.259 e. The van der Waals surface area contributed by atoms with Gasteiger partial charge in [0.05, 0.1) is 24.6 Å². The number of methoxy groups -OCH3 is 1. The number of likely N-dealkylation sites (tertiary alicyclic amines) is 1. The van der Waals surface area contributed by atoms with E-state index >= 15 is 0 Å². The highest BCUT2D eigenvalue weighted by Gasteiger charge is 2.67. The number of rotatable bonds is 5.